The van der Waals surface area contributed by atoms with Gasteiger partial charge in [0.1, 0.15) is 11.6 Å². The molecule has 0 radical (unpaired) electrons. The Morgan fingerprint density at radius 2 is 1.82 bits per heavy atom. The van der Waals surface area contributed by atoms with Crippen LogP contribution in [0.1, 0.15) is 52.0 Å². The lowest BCUT2D eigenvalue weighted by atomic mass is 10.0. The van der Waals surface area contributed by atoms with Gasteiger partial charge in [-0.2, -0.15) is 0 Å². The molecule has 0 aliphatic rings. The van der Waals surface area contributed by atoms with E-state index in [1.54, 1.807) is 24.3 Å². The summed E-state index contributed by atoms with van der Waals surface area (Å²) in [4.78, 5) is 31.9. The molecule has 0 unspecified atom stereocenters. The van der Waals surface area contributed by atoms with Crippen LogP contribution >= 0.6 is 0 Å². The summed E-state index contributed by atoms with van der Waals surface area (Å²) in [5.41, 5.74) is 0.0470. The van der Waals surface area contributed by atoms with Gasteiger partial charge in [0, 0.05) is 17.7 Å². The molecule has 2 aromatic rings. The number of benzene rings is 1. The molecule has 1 aromatic carbocycles. The molecule has 2 rings (SSSR count). The lowest BCUT2D eigenvalue weighted by Crippen LogP contribution is -2.15. The molecule has 1 heterocycles. The number of rotatable bonds is 5. The average molecular weight is 300 g/mol. The molecular weight excluding hydrogens is 284 g/mol. The van der Waals surface area contributed by atoms with Crippen molar-refractivity contribution in [1.29, 1.82) is 0 Å². The number of hydrogen-bond acceptors (Lipinski definition) is 5. The number of carboxylic acid groups (broad SMARTS) is 1. The first-order valence-electron chi connectivity index (χ1n) is 6.73. The van der Waals surface area contributed by atoms with Crippen LogP contribution in [-0.4, -0.2) is 33.9 Å². The number of carbonyl (C=O) groups excluding carboxylic acids is 1. The third-order valence-corrected chi connectivity index (χ3v) is 3.12. The highest BCUT2D eigenvalue weighted by Gasteiger charge is 2.21. The Kier molecular flexibility index (Phi) is 4.50. The number of hydrogen-bond donors (Lipinski definition) is 1. The van der Waals surface area contributed by atoms with Crippen LogP contribution in [0, 0.1) is 0 Å². The second-order valence-corrected chi connectivity index (χ2v) is 5.01. The molecule has 0 amide bonds. The molecule has 1 aromatic heterocycles. The smallest absolute Gasteiger partial charge is 0.355 e. The SMILES string of the molecule is COc1ccc(C(=O)c2cnc(C(C)C)nc2C(=O)O)cc1. The van der Waals surface area contributed by atoms with Gasteiger partial charge in [0.15, 0.2) is 11.5 Å². The number of ketones is 1. The van der Waals surface area contributed by atoms with Crippen LogP contribution in [-0.2, 0) is 0 Å². The Morgan fingerprint density at radius 3 is 2.32 bits per heavy atom. The van der Waals surface area contributed by atoms with Crippen molar-refractivity contribution in [3.63, 3.8) is 0 Å². The third kappa shape index (κ3) is 3.11. The zero-order valence-electron chi connectivity index (χ0n) is 12.5. The molecule has 0 aliphatic heterocycles. The second-order valence-electron chi connectivity index (χ2n) is 5.01. The quantitative estimate of drug-likeness (QED) is 0.853. The summed E-state index contributed by atoms with van der Waals surface area (Å²) in [5.74, 6) is -0.704. The van der Waals surface area contributed by atoms with Gasteiger partial charge >= 0.3 is 5.97 Å². The topological polar surface area (TPSA) is 89.4 Å². The van der Waals surface area contributed by atoms with Gasteiger partial charge in [0.25, 0.3) is 0 Å². The molecule has 0 saturated carbocycles. The minimum atomic E-state index is -1.25. The molecule has 0 saturated heterocycles. The van der Waals surface area contributed by atoms with E-state index < -0.39 is 11.8 Å². The van der Waals surface area contributed by atoms with E-state index in [0.717, 1.165) is 0 Å². The van der Waals surface area contributed by atoms with Crippen molar-refractivity contribution in [2.24, 2.45) is 0 Å². The molecule has 0 bridgehead atoms. The van der Waals surface area contributed by atoms with Gasteiger partial charge < -0.3 is 9.84 Å². The van der Waals surface area contributed by atoms with Crippen molar-refractivity contribution >= 4 is 11.8 Å². The van der Waals surface area contributed by atoms with Crippen LogP contribution in [0.25, 0.3) is 0 Å². The fourth-order valence-corrected chi connectivity index (χ4v) is 1.90. The highest BCUT2D eigenvalue weighted by Crippen LogP contribution is 2.18. The molecule has 0 aliphatic carbocycles. The van der Waals surface area contributed by atoms with Gasteiger partial charge in [0.05, 0.1) is 12.7 Å². The summed E-state index contributed by atoms with van der Waals surface area (Å²) >= 11 is 0. The summed E-state index contributed by atoms with van der Waals surface area (Å²) in [6.07, 6.45) is 1.28. The Labute approximate surface area is 127 Å². The van der Waals surface area contributed by atoms with Crippen LogP contribution < -0.4 is 4.74 Å². The highest BCUT2D eigenvalue weighted by atomic mass is 16.5. The first-order chi connectivity index (χ1) is 10.4. The van der Waals surface area contributed by atoms with E-state index in [-0.39, 0.29) is 17.2 Å². The van der Waals surface area contributed by atoms with Gasteiger partial charge in [-0.15, -0.1) is 0 Å². The van der Waals surface area contributed by atoms with E-state index in [2.05, 4.69) is 9.97 Å². The molecule has 22 heavy (non-hydrogen) atoms. The Hall–Kier alpha value is -2.76. The molecule has 0 atom stereocenters. The minimum absolute atomic E-state index is 0.0248. The first kappa shape index (κ1) is 15.6. The van der Waals surface area contributed by atoms with Gasteiger partial charge in [-0.25, -0.2) is 14.8 Å². The van der Waals surface area contributed by atoms with Crippen molar-refractivity contribution < 1.29 is 19.4 Å². The van der Waals surface area contributed by atoms with Crippen molar-refractivity contribution in [2.75, 3.05) is 7.11 Å². The number of nitrogens with zero attached hydrogens (tertiary/aromatic N) is 2. The van der Waals surface area contributed by atoms with Crippen LogP contribution in [0.5, 0.6) is 5.75 Å². The number of carbonyl (C=O) groups is 2. The van der Waals surface area contributed by atoms with Crippen LogP contribution in [0.4, 0.5) is 0 Å². The monoisotopic (exact) mass is 300 g/mol. The lowest BCUT2D eigenvalue weighted by Gasteiger charge is -2.09. The maximum Gasteiger partial charge on any atom is 0.355 e. The Bertz CT molecular complexity index is 709. The zero-order chi connectivity index (χ0) is 16.3. The predicted molar refractivity (Wildman–Crippen MR) is 79.5 cm³/mol. The number of ether oxygens (including phenoxy) is 1. The van der Waals surface area contributed by atoms with Gasteiger partial charge in [0.2, 0.25) is 0 Å². The van der Waals surface area contributed by atoms with Crippen molar-refractivity contribution in [1.82, 2.24) is 9.97 Å². The van der Waals surface area contributed by atoms with Gasteiger partial charge in [-0.05, 0) is 24.3 Å². The fraction of sp³-hybridized carbons (Fsp3) is 0.250. The number of carboxylic acids is 1. The molecule has 0 spiro atoms. The zero-order valence-corrected chi connectivity index (χ0v) is 12.5. The number of aromatic nitrogens is 2. The average Bonchev–Trinajstić information content (AvgIpc) is 2.53. The largest absolute Gasteiger partial charge is 0.497 e. The summed E-state index contributed by atoms with van der Waals surface area (Å²) in [6, 6.07) is 6.42. The van der Waals surface area contributed by atoms with Crippen molar-refractivity contribution in [3.8, 4) is 5.75 Å². The van der Waals surface area contributed by atoms with Crippen LogP contribution in [0.15, 0.2) is 30.5 Å². The van der Waals surface area contributed by atoms with E-state index >= 15 is 0 Å². The molecule has 6 nitrogen and oxygen atoms in total. The van der Waals surface area contributed by atoms with E-state index in [9.17, 15) is 14.7 Å². The second kappa shape index (κ2) is 6.34. The number of methoxy groups -OCH3 is 1. The fourth-order valence-electron chi connectivity index (χ4n) is 1.90. The molecule has 0 fully saturated rings. The van der Waals surface area contributed by atoms with Crippen LogP contribution in [0.3, 0.4) is 0 Å². The summed E-state index contributed by atoms with van der Waals surface area (Å²) < 4.78 is 5.03. The standard InChI is InChI=1S/C16H16N2O4/c1-9(2)15-17-8-12(13(18-15)16(20)21)14(19)10-4-6-11(22-3)7-5-10/h4-9H,1-3H3,(H,20,21). The highest BCUT2D eigenvalue weighted by molar-refractivity contribution is 6.13. The maximum absolute atomic E-state index is 12.5. The normalized spacial score (nSPS) is 10.5. The van der Waals surface area contributed by atoms with Crippen molar-refractivity contribution in [2.45, 2.75) is 19.8 Å². The van der Waals surface area contributed by atoms with Crippen LogP contribution in [0.2, 0.25) is 0 Å². The van der Waals surface area contributed by atoms with Crippen molar-refractivity contribution in [3.05, 3.63) is 53.1 Å². The molecular formula is C16H16N2O4. The molecule has 1 N–H and O–H groups in total. The summed E-state index contributed by atoms with van der Waals surface area (Å²) in [7, 11) is 1.53. The molecule has 6 heteroatoms. The first-order valence-corrected chi connectivity index (χ1v) is 6.73. The predicted octanol–water partition coefficient (Wildman–Crippen LogP) is 2.54. The molecule has 114 valence electrons. The minimum Gasteiger partial charge on any atom is -0.497 e. The Morgan fingerprint density at radius 1 is 1.18 bits per heavy atom. The lowest BCUT2D eigenvalue weighted by molar-refractivity contribution is 0.0685. The summed E-state index contributed by atoms with van der Waals surface area (Å²) in [6.45, 7) is 3.71. The van der Waals surface area contributed by atoms with E-state index in [1.165, 1.54) is 13.3 Å². The van der Waals surface area contributed by atoms with E-state index in [1.807, 2.05) is 13.8 Å². The Balaban J connectivity index is 2.45. The van der Waals surface area contributed by atoms with E-state index in [0.29, 0.717) is 17.1 Å². The third-order valence-electron chi connectivity index (χ3n) is 3.12. The van der Waals surface area contributed by atoms with Gasteiger partial charge in [-0.1, -0.05) is 13.8 Å². The number of aromatic carboxylic acids is 1. The summed E-state index contributed by atoms with van der Waals surface area (Å²) in [5, 5.41) is 9.29. The van der Waals surface area contributed by atoms with E-state index in [4.69, 9.17) is 4.74 Å². The van der Waals surface area contributed by atoms with Gasteiger partial charge in [-0.3, -0.25) is 4.79 Å². The maximum atomic E-state index is 12.5.